The third-order valence-corrected chi connectivity index (χ3v) is 4.54. The van der Waals surface area contributed by atoms with E-state index in [9.17, 15) is 26.0 Å². The molecule has 1 aliphatic rings. The predicted molar refractivity (Wildman–Crippen MR) is 69.3 cm³/mol. The molecule has 1 aliphatic heterocycles. The average molecular weight is 350 g/mol. The van der Waals surface area contributed by atoms with Crippen LogP contribution in [0, 0.1) is 11.6 Å². The highest BCUT2D eigenvalue weighted by atomic mass is 32.2. The fraction of sp³-hybridized carbons (Fsp3) is 0.333. The molecule has 0 unspecified atom stereocenters. The van der Waals surface area contributed by atoms with Crippen LogP contribution in [0.1, 0.15) is 30.0 Å². The van der Waals surface area contributed by atoms with E-state index in [2.05, 4.69) is 10.1 Å². The highest BCUT2D eigenvalue weighted by molar-refractivity contribution is 7.89. The zero-order chi connectivity index (χ0) is 16.8. The Morgan fingerprint density at radius 1 is 1.26 bits per heavy atom. The van der Waals surface area contributed by atoms with Gasteiger partial charge < -0.3 is 0 Å². The molecule has 0 saturated heterocycles. The molecule has 0 radical (unpaired) electrons. The van der Waals surface area contributed by atoms with Gasteiger partial charge in [0.05, 0.1) is 6.04 Å². The zero-order valence-electron chi connectivity index (χ0n) is 11.4. The molecule has 124 valence electrons. The van der Waals surface area contributed by atoms with Gasteiger partial charge in [0.1, 0.15) is 11.6 Å². The third-order valence-electron chi connectivity index (χ3n) is 3.40. The highest BCUT2D eigenvalue weighted by Crippen LogP contribution is 2.39. The minimum Gasteiger partial charge on any atom is -0.239 e. The number of halogens is 4. The van der Waals surface area contributed by atoms with E-state index in [1.807, 2.05) is 0 Å². The zero-order valence-corrected chi connectivity index (χ0v) is 12.2. The van der Waals surface area contributed by atoms with Crippen LogP contribution in [-0.2, 0) is 10.0 Å². The van der Waals surface area contributed by atoms with E-state index in [-0.39, 0.29) is 17.8 Å². The quantitative estimate of drug-likeness (QED) is 0.673. The summed E-state index contributed by atoms with van der Waals surface area (Å²) >= 11 is 0. The third kappa shape index (κ3) is 2.81. The number of rotatable bonds is 4. The van der Waals surface area contributed by atoms with Crippen LogP contribution in [0.2, 0.25) is 0 Å². The lowest BCUT2D eigenvalue weighted by molar-refractivity contribution is 0.326. The maximum Gasteiger partial charge on any atom is 0.282 e. The van der Waals surface area contributed by atoms with Gasteiger partial charge in [-0.3, -0.25) is 0 Å². The fourth-order valence-corrected chi connectivity index (χ4v) is 3.14. The summed E-state index contributed by atoms with van der Waals surface area (Å²) in [6, 6.07) is 1.76. The van der Waals surface area contributed by atoms with Crippen LogP contribution in [0.5, 0.6) is 0 Å². The molecule has 0 fully saturated rings. The van der Waals surface area contributed by atoms with Crippen LogP contribution in [0.3, 0.4) is 0 Å². The van der Waals surface area contributed by atoms with E-state index in [0.29, 0.717) is 6.07 Å². The van der Waals surface area contributed by atoms with Gasteiger partial charge in [0.25, 0.3) is 15.2 Å². The largest absolute Gasteiger partial charge is 0.282 e. The second-order valence-corrected chi connectivity index (χ2v) is 6.56. The Labute approximate surface area is 128 Å². The maximum absolute atomic E-state index is 14.0. The van der Waals surface area contributed by atoms with Crippen molar-refractivity contribution in [3.63, 3.8) is 0 Å². The Morgan fingerprint density at radius 3 is 2.52 bits per heavy atom. The number of benzene rings is 1. The molecule has 1 N–H and O–H groups in total. The van der Waals surface area contributed by atoms with E-state index >= 15 is 0 Å². The summed E-state index contributed by atoms with van der Waals surface area (Å²) in [5.74, 6) is -1.99. The van der Waals surface area contributed by atoms with Gasteiger partial charge in [-0.15, -0.1) is 5.10 Å². The van der Waals surface area contributed by atoms with Crippen LogP contribution in [0.4, 0.5) is 17.6 Å². The lowest BCUT2D eigenvalue weighted by Gasteiger charge is -2.12. The highest BCUT2D eigenvalue weighted by Gasteiger charge is 2.37. The number of nitrogens with zero attached hydrogens (tertiary/aromatic N) is 3. The van der Waals surface area contributed by atoms with E-state index in [0.717, 1.165) is 16.8 Å². The Bertz CT molecular complexity index is 834. The molecule has 2 atom stereocenters. The average Bonchev–Trinajstić information content (AvgIpc) is 2.99. The molecule has 1 aromatic heterocycles. The first-order chi connectivity index (χ1) is 10.8. The SMILES string of the molecule is O=S(=O)(NCF)c1nc2n(n1)[C@H](c1cc(F)cc(F)c1)C[C@@H]2F. The fourth-order valence-electron chi connectivity index (χ4n) is 2.45. The van der Waals surface area contributed by atoms with Crippen LogP contribution < -0.4 is 4.72 Å². The van der Waals surface area contributed by atoms with Crippen LogP contribution >= 0.6 is 0 Å². The number of alkyl halides is 2. The van der Waals surface area contributed by atoms with Crippen molar-refractivity contribution in [3.05, 3.63) is 41.2 Å². The van der Waals surface area contributed by atoms with Gasteiger partial charge in [-0.1, -0.05) is 0 Å². The van der Waals surface area contributed by atoms with Crippen molar-refractivity contribution in [2.75, 3.05) is 6.80 Å². The van der Waals surface area contributed by atoms with Crippen molar-refractivity contribution < 1.29 is 26.0 Å². The molecule has 0 bridgehead atoms. The molecule has 6 nitrogen and oxygen atoms in total. The lowest BCUT2D eigenvalue weighted by atomic mass is 10.0. The first-order valence-electron chi connectivity index (χ1n) is 6.44. The Morgan fingerprint density at radius 2 is 1.91 bits per heavy atom. The van der Waals surface area contributed by atoms with Crippen molar-refractivity contribution in [1.29, 1.82) is 0 Å². The topological polar surface area (TPSA) is 76.9 Å². The summed E-state index contributed by atoms with van der Waals surface area (Å²) in [6.45, 7) is -1.37. The summed E-state index contributed by atoms with van der Waals surface area (Å²) in [5, 5.41) is 2.86. The minimum atomic E-state index is -4.32. The monoisotopic (exact) mass is 350 g/mol. The number of nitrogens with one attached hydrogen (secondary N) is 1. The molecule has 0 spiro atoms. The number of sulfonamides is 1. The Balaban J connectivity index is 2.05. The molecule has 11 heteroatoms. The van der Waals surface area contributed by atoms with E-state index in [4.69, 9.17) is 0 Å². The van der Waals surface area contributed by atoms with Crippen LogP contribution in [-0.4, -0.2) is 30.0 Å². The normalized spacial score (nSPS) is 20.7. The molecule has 0 saturated carbocycles. The Hall–Kier alpha value is -2.01. The smallest absolute Gasteiger partial charge is 0.239 e. The van der Waals surface area contributed by atoms with E-state index < -0.39 is 45.8 Å². The van der Waals surface area contributed by atoms with Gasteiger partial charge >= 0.3 is 0 Å². The summed E-state index contributed by atoms with van der Waals surface area (Å²) in [6.07, 6.45) is -1.84. The summed E-state index contributed by atoms with van der Waals surface area (Å²) in [4.78, 5) is 3.55. The van der Waals surface area contributed by atoms with Crippen molar-refractivity contribution in [2.45, 2.75) is 23.8 Å². The Kier molecular flexibility index (Phi) is 3.84. The maximum atomic E-state index is 14.0. The van der Waals surface area contributed by atoms with Gasteiger partial charge in [-0.2, -0.15) is 9.71 Å². The predicted octanol–water partition coefficient (Wildman–Crippen LogP) is 1.77. The van der Waals surface area contributed by atoms with Gasteiger partial charge in [0.2, 0.25) is 0 Å². The summed E-state index contributed by atoms with van der Waals surface area (Å²) in [7, 11) is -4.32. The van der Waals surface area contributed by atoms with Crippen molar-refractivity contribution in [2.24, 2.45) is 0 Å². The van der Waals surface area contributed by atoms with Gasteiger partial charge in [-0.05, 0) is 17.7 Å². The lowest BCUT2D eigenvalue weighted by Crippen LogP contribution is -2.24. The second-order valence-electron chi connectivity index (χ2n) is 4.90. The molecular formula is C12H10F4N4O2S. The molecule has 23 heavy (non-hydrogen) atoms. The summed E-state index contributed by atoms with van der Waals surface area (Å²) < 4.78 is 78.7. The van der Waals surface area contributed by atoms with Crippen LogP contribution in [0.15, 0.2) is 23.4 Å². The number of fused-ring (bicyclic) bond motifs is 1. The first-order valence-corrected chi connectivity index (χ1v) is 7.92. The van der Waals surface area contributed by atoms with Crippen molar-refractivity contribution >= 4 is 10.0 Å². The van der Waals surface area contributed by atoms with Crippen molar-refractivity contribution in [3.8, 4) is 0 Å². The first kappa shape index (κ1) is 15.9. The molecule has 2 heterocycles. The van der Waals surface area contributed by atoms with Crippen LogP contribution in [0.25, 0.3) is 0 Å². The van der Waals surface area contributed by atoms with E-state index in [1.165, 1.54) is 4.72 Å². The standard InChI is InChI=1S/C12H10F4N4O2S/c13-5-17-23(21,22)12-18-11-9(16)4-10(20(11)19-12)6-1-7(14)3-8(15)2-6/h1-3,9-10,17H,4-5H2/t9-,10-/m0/s1. The number of hydrogen-bond acceptors (Lipinski definition) is 4. The van der Waals surface area contributed by atoms with Gasteiger partial charge in [0.15, 0.2) is 18.8 Å². The number of hydrogen-bond donors (Lipinski definition) is 1. The van der Waals surface area contributed by atoms with Crippen molar-refractivity contribution in [1.82, 2.24) is 19.5 Å². The van der Waals surface area contributed by atoms with Gasteiger partial charge in [0, 0.05) is 12.5 Å². The molecule has 2 aromatic rings. The summed E-state index contributed by atoms with van der Waals surface area (Å²) in [5.41, 5.74) is 0.0937. The van der Waals surface area contributed by atoms with Gasteiger partial charge in [-0.25, -0.2) is 30.7 Å². The minimum absolute atomic E-state index is 0.0937. The van der Waals surface area contributed by atoms with E-state index in [1.54, 1.807) is 0 Å². The number of aromatic nitrogens is 3. The molecule has 3 rings (SSSR count). The molecule has 1 aromatic carbocycles. The molecule has 0 aliphatic carbocycles. The second kappa shape index (κ2) is 5.57. The molecular weight excluding hydrogens is 340 g/mol. The molecule has 0 amide bonds.